The minimum absolute atomic E-state index is 0.00236. The second-order valence-corrected chi connectivity index (χ2v) is 16.6. The fourth-order valence-electron chi connectivity index (χ4n) is 9.48. The molecule has 2 aliphatic carbocycles. The van der Waals surface area contributed by atoms with Crippen LogP contribution in [0.4, 0.5) is 34.1 Å². The van der Waals surface area contributed by atoms with Gasteiger partial charge < -0.3 is 5.11 Å². The van der Waals surface area contributed by atoms with Crippen molar-refractivity contribution in [3.05, 3.63) is 76.9 Å². The molecule has 7 atom stereocenters. The molecule has 0 aromatic heterocycles. The summed E-state index contributed by atoms with van der Waals surface area (Å²) in [6.07, 6.45) is 12.2. The van der Waals surface area contributed by atoms with Crippen LogP contribution in [0.3, 0.4) is 0 Å². The third-order valence-corrected chi connectivity index (χ3v) is 12.4. The maximum atomic E-state index is 11.9. The molecule has 4 rings (SSSR count). The standard InChI is InChI=1S/C40H58N8O9/c1-6-7-11-32(49)23-29(42-44-37-17-13-31(46(52)53)25-39(37)48(56)57)22-28-18-20-40(5)34(27(4)10-8-9-26(2)3)14-15-35(40)33(28)19-21-41-43-36-16-12-30(45(50)51)24-38(36)47(54)55/h12-13,16-17,21,24-28,32-35,43-44,49H,6-11,14-15,18-20,22-23H2,1-5H3/b41-21+,42-29-/t27-,28?,32+,33?,34?,35?,40-/m1/s1. The number of nitrogens with zero attached hydrogens (tertiary/aromatic N) is 6. The van der Waals surface area contributed by atoms with Crippen LogP contribution in [0.5, 0.6) is 0 Å². The lowest BCUT2D eigenvalue weighted by Crippen LogP contribution is -2.43. The molecule has 0 spiro atoms. The van der Waals surface area contributed by atoms with Gasteiger partial charge in [-0.25, -0.2) is 0 Å². The zero-order valence-electron chi connectivity index (χ0n) is 33.7. The molecule has 2 fully saturated rings. The Hall–Kier alpha value is -5.06. The molecule has 17 nitrogen and oxygen atoms in total. The smallest absolute Gasteiger partial charge is 0.301 e. The molecule has 17 heteroatoms. The van der Waals surface area contributed by atoms with Crippen molar-refractivity contribution in [1.82, 2.24) is 0 Å². The van der Waals surface area contributed by atoms with Gasteiger partial charge in [0, 0.05) is 30.5 Å². The molecule has 2 aromatic rings. The topological polar surface area (TPSA) is 242 Å². The van der Waals surface area contributed by atoms with E-state index in [9.17, 15) is 45.6 Å². The van der Waals surface area contributed by atoms with Crippen molar-refractivity contribution < 1.29 is 24.8 Å². The Bertz CT molecular complexity index is 1800. The highest BCUT2D eigenvalue weighted by atomic mass is 16.6. The van der Waals surface area contributed by atoms with Gasteiger partial charge in [0.05, 0.1) is 37.9 Å². The van der Waals surface area contributed by atoms with Gasteiger partial charge in [0.25, 0.3) is 11.4 Å². The summed E-state index contributed by atoms with van der Waals surface area (Å²) in [5, 5.41) is 66.3. The molecule has 0 radical (unpaired) electrons. The van der Waals surface area contributed by atoms with E-state index in [-0.39, 0.29) is 35.0 Å². The molecule has 0 saturated heterocycles. The number of hydrogen-bond donors (Lipinski definition) is 3. The third kappa shape index (κ3) is 11.7. The van der Waals surface area contributed by atoms with E-state index < -0.39 is 48.5 Å². The van der Waals surface area contributed by atoms with Crippen LogP contribution in [-0.2, 0) is 0 Å². The predicted octanol–water partition coefficient (Wildman–Crippen LogP) is 10.4. The summed E-state index contributed by atoms with van der Waals surface area (Å²) < 4.78 is 0. The number of aliphatic hydroxyl groups excluding tert-OH is 1. The van der Waals surface area contributed by atoms with Gasteiger partial charge in [0.15, 0.2) is 0 Å². The summed E-state index contributed by atoms with van der Waals surface area (Å²) in [6, 6.07) is 6.69. The lowest BCUT2D eigenvalue weighted by Gasteiger charge is -2.50. The Morgan fingerprint density at radius 3 is 2.04 bits per heavy atom. The zero-order chi connectivity index (χ0) is 41.9. The molecule has 0 aliphatic heterocycles. The highest BCUT2D eigenvalue weighted by Crippen LogP contribution is 2.62. The number of hydrogen-bond acceptors (Lipinski definition) is 13. The van der Waals surface area contributed by atoms with Crippen LogP contribution >= 0.6 is 0 Å². The van der Waals surface area contributed by atoms with Crippen LogP contribution in [0.1, 0.15) is 118 Å². The van der Waals surface area contributed by atoms with Crippen LogP contribution in [0.25, 0.3) is 0 Å². The Balaban J connectivity index is 1.65. The van der Waals surface area contributed by atoms with Gasteiger partial charge in [0.2, 0.25) is 0 Å². The van der Waals surface area contributed by atoms with E-state index >= 15 is 0 Å². The normalized spacial score (nSPS) is 23.2. The van der Waals surface area contributed by atoms with Gasteiger partial charge in [-0.05, 0) is 98.0 Å². The van der Waals surface area contributed by atoms with Crippen molar-refractivity contribution in [2.45, 2.75) is 124 Å². The van der Waals surface area contributed by atoms with Crippen LogP contribution < -0.4 is 10.9 Å². The average Bonchev–Trinajstić information content (AvgIpc) is 3.51. The van der Waals surface area contributed by atoms with E-state index in [2.05, 4.69) is 48.7 Å². The average molecular weight is 795 g/mol. The number of fused-ring (bicyclic) bond motifs is 1. The maximum absolute atomic E-state index is 11.9. The Morgan fingerprint density at radius 2 is 1.47 bits per heavy atom. The lowest BCUT2D eigenvalue weighted by molar-refractivity contribution is -0.393. The number of aliphatic hydroxyl groups is 1. The maximum Gasteiger partial charge on any atom is 0.301 e. The van der Waals surface area contributed by atoms with Crippen molar-refractivity contribution in [1.29, 1.82) is 0 Å². The monoisotopic (exact) mass is 794 g/mol. The molecule has 0 amide bonds. The number of non-ortho nitro benzene ring substituents is 2. The van der Waals surface area contributed by atoms with Crippen LogP contribution in [0.15, 0.2) is 46.6 Å². The minimum Gasteiger partial charge on any atom is -0.393 e. The molecule has 3 N–H and O–H groups in total. The quantitative estimate of drug-likeness (QED) is 0.0575. The SMILES string of the molecule is CCCC[C@H](O)C/C(CC1CC[C@@]2(C)C(CCC2[C@H](C)CCCC(C)C)C1C/C=N/Nc1ccc([N+](=O)[O-])cc1[N+](=O)[O-])=N\Nc1ccc([N+](=O)[O-])cc1[N+](=O)[O-]. The van der Waals surface area contributed by atoms with E-state index in [1.807, 2.05) is 6.92 Å². The van der Waals surface area contributed by atoms with Crippen molar-refractivity contribution in [3.63, 3.8) is 0 Å². The number of unbranched alkanes of at least 4 members (excludes halogenated alkanes) is 1. The van der Waals surface area contributed by atoms with Gasteiger partial charge in [0.1, 0.15) is 11.4 Å². The lowest BCUT2D eigenvalue weighted by atomic mass is 9.55. The molecule has 0 heterocycles. The number of benzene rings is 2. The summed E-state index contributed by atoms with van der Waals surface area (Å²) in [4.78, 5) is 43.4. The fourth-order valence-corrected chi connectivity index (χ4v) is 9.48. The van der Waals surface area contributed by atoms with Gasteiger partial charge in [-0.3, -0.25) is 51.3 Å². The van der Waals surface area contributed by atoms with Crippen molar-refractivity contribution in [3.8, 4) is 0 Å². The molecule has 4 unspecified atom stereocenters. The van der Waals surface area contributed by atoms with Crippen LogP contribution in [0.2, 0.25) is 0 Å². The number of hydrazone groups is 2. The van der Waals surface area contributed by atoms with E-state index in [1.165, 1.54) is 43.5 Å². The highest BCUT2D eigenvalue weighted by molar-refractivity contribution is 5.86. The fraction of sp³-hybridized carbons (Fsp3) is 0.650. The van der Waals surface area contributed by atoms with Gasteiger partial charge in [-0.1, -0.05) is 66.7 Å². The second-order valence-electron chi connectivity index (χ2n) is 16.6. The Morgan fingerprint density at radius 1 is 0.860 bits per heavy atom. The van der Waals surface area contributed by atoms with Crippen molar-refractivity contribution in [2.24, 2.45) is 51.1 Å². The first-order chi connectivity index (χ1) is 27.0. The largest absolute Gasteiger partial charge is 0.393 e. The summed E-state index contributed by atoms with van der Waals surface area (Å²) in [5.41, 5.74) is 4.53. The van der Waals surface area contributed by atoms with E-state index in [0.29, 0.717) is 48.6 Å². The van der Waals surface area contributed by atoms with Crippen molar-refractivity contribution >= 4 is 46.1 Å². The summed E-state index contributed by atoms with van der Waals surface area (Å²) in [5.74, 6) is 2.32. The van der Waals surface area contributed by atoms with Crippen LogP contribution in [0, 0.1) is 81.4 Å². The Labute approximate surface area is 333 Å². The first kappa shape index (κ1) is 44.7. The number of nitrogens with one attached hydrogen (secondary N) is 2. The molecule has 57 heavy (non-hydrogen) atoms. The van der Waals surface area contributed by atoms with Gasteiger partial charge in [-0.2, -0.15) is 10.2 Å². The number of anilines is 2. The highest BCUT2D eigenvalue weighted by Gasteiger charge is 2.54. The van der Waals surface area contributed by atoms with Crippen LogP contribution in [-0.4, -0.2) is 42.8 Å². The van der Waals surface area contributed by atoms with Crippen molar-refractivity contribution in [2.75, 3.05) is 10.9 Å². The summed E-state index contributed by atoms with van der Waals surface area (Å²) in [6.45, 7) is 11.3. The molecule has 312 valence electrons. The third-order valence-electron chi connectivity index (χ3n) is 12.4. The van der Waals surface area contributed by atoms with E-state index in [1.54, 1.807) is 6.21 Å². The number of rotatable bonds is 22. The molecular weight excluding hydrogens is 736 g/mol. The summed E-state index contributed by atoms with van der Waals surface area (Å²) in [7, 11) is 0. The predicted molar refractivity (Wildman–Crippen MR) is 220 cm³/mol. The number of nitro groups is 4. The molecule has 2 saturated carbocycles. The van der Waals surface area contributed by atoms with Gasteiger partial charge >= 0.3 is 11.4 Å². The number of nitro benzene ring substituents is 4. The van der Waals surface area contributed by atoms with Gasteiger partial charge in [-0.15, -0.1) is 0 Å². The molecule has 0 bridgehead atoms. The zero-order valence-corrected chi connectivity index (χ0v) is 33.7. The first-order valence-electron chi connectivity index (χ1n) is 20.2. The molecule has 2 aliphatic rings. The summed E-state index contributed by atoms with van der Waals surface area (Å²) >= 11 is 0. The minimum atomic E-state index is -0.697. The Kier molecular flexibility index (Phi) is 16.0. The molecular formula is C40H58N8O9. The first-order valence-corrected chi connectivity index (χ1v) is 20.2. The second kappa shape index (κ2) is 20.4. The van der Waals surface area contributed by atoms with E-state index in [4.69, 9.17) is 0 Å². The molecule has 2 aromatic carbocycles. The van der Waals surface area contributed by atoms with E-state index in [0.717, 1.165) is 50.7 Å².